The van der Waals surface area contributed by atoms with Crippen LogP contribution in [-0.4, -0.2) is 23.6 Å². The van der Waals surface area contributed by atoms with Gasteiger partial charge in [-0.25, -0.2) is 0 Å². The van der Waals surface area contributed by atoms with Gasteiger partial charge in [0.1, 0.15) is 13.2 Å². The molecule has 0 aliphatic carbocycles. The molecule has 0 saturated heterocycles. The Labute approximate surface area is 204 Å². The molecule has 0 saturated carbocycles. The van der Waals surface area contributed by atoms with Gasteiger partial charge in [0.25, 0.3) is 5.56 Å². The van der Waals surface area contributed by atoms with Crippen LogP contribution >= 0.6 is 0 Å². The summed E-state index contributed by atoms with van der Waals surface area (Å²) in [6.45, 7) is 3.39. The quantitative estimate of drug-likeness (QED) is 0.404. The molecule has 2 heterocycles. The van der Waals surface area contributed by atoms with Crippen molar-refractivity contribution in [1.82, 2.24) is 4.57 Å². The Hall–Kier alpha value is -4.06. The summed E-state index contributed by atoms with van der Waals surface area (Å²) in [5.41, 5.74) is 4.19. The molecule has 0 fully saturated rings. The fraction of sp³-hybridized carbons (Fsp3) is 0.241. The molecule has 0 radical (unpaired) electrons. The number of rotatable bonds is 8. The average Bonchev–Trinajstić information content (AvgIpc) is 2.89. The number of hydrogen-bond donors (Lipinski definition) is 1. The lowest BCUT2D eigenvalue weighted by atomic mass is 10.1. The van der Waals surface area contributed by atoms with Crippen molar-refractivity contribution in [3.05, 3.63) is 99.8 Å². The second kappa shape index (κ2) is 10.1. The molecule has 0 amide bonds. The Balaban J connectivity index is 1.49. The molecule has 35 heavy (non-hydrogen) atoms. The number of ketones is 1. The molecule has 0 spiro atoms. The second-order valence-corrected chi connectivity index (χ2v) is 8.72. The molecular weight excluding hydrogens is 440 g/mol. The molecule has 3 aromatic carbocycles. The van der Waals surface area contributed by atoms with Crippen LogP contribution in [0, 0.1) is 0 Å². The van der Waals surface area contributed by atoms with Crippen LogP contribution in [0.4, 0.5) is 5.69 Å². The zero-order valence-electron chi connectivity index (χ0n) is 19.8. The lowest BCUT2D eigenvalue weighted by Crippen LogP contribution is -2.29. The Morgan fingerprint density at radius 3 is 2.34 bits per heavy atom. The number of aryl methyl sites for hydroxylation is 1. The van der Waals surface area contributed by atoms with E-state index in [1.54, 1.807) is 4.57 Å². The standard InChI is InChI=1S/C29H28N2O4/c1-2-20-8-10-24(11-9-20)30-18-23-15-22-16-27-28(35-13-12-34-27)17-26(22)31(29(23)33)19-25(32)14-21-6-4-3-5-7-21/h3-11,15-17,30H,2,12-14,18-19H2,1H3. The SMILES string of the molecule is CCc1ccc(NCc2cc3cc4c(cc3n(CC(=O)Cc3ccccc3)c2=O)OCCO4)cc1. The Morgan fingerprint density at radius 1 is 0.914 bits per heavy atom. The first-order valence-electron chi connectivity index (χ1n) is 11.9. The summed E-state index contributed by atoms with van der Waals surface area (Å²) in [6, 6.07) is 23.3. The van der Waals surface area contributed by atoms with Crippen LogP contribution in [0.3, 0.4) is 0 Å². The van der Waals surface area contributed by atoms with Crippen LogP contribution in [0.1, 0.15) is 23.6 Å². The van der Waals surface area contributed by atoms with Crippen molar-refractivity contribution in [2.24, 2.45) is 0 Å². The van der Waals surface area contributed by atoms with Gasteiger partial charge in [-0.2, -0.15) is 0 Å². The van der Waals surface area contributed by atoms with E-state index in [0.717, 1.165) is 23.1 Å². The van der Waals surface area contributed by atoms with Gasteiger partial charge in [0, 0.05) is 35.7 Å². The minimum atomic E-state index is -0.187. The number of benzene rings is 3. The molecule has 6 heteroatoms. The third-order valence-electron chi connectivity index (χ3n) is 6.26. The van der Waals surface area contributed by atoms with Crippen molar-refractivity contribution in [2.45, 2.75) is 32.9 Å². The molecule has 5 rings (SSSR count). The summed E-state index contributed by atoms with van der Waals surface area (Å²) in [6.07, 6.45) is 1.24. The smallest absolute Gasteiger partial charge is 0.256 e. The highest BCUT2D eigenvalue weighted by Crippen LogP contribution is 2.34. The third-order valence-corrected chi connectivity index (χ3v) is 6.26. The summed E-state index contributed by atoms with van der Waals surface area (Å²) in [5.74, 6) is 1.21. The lowest BCUT2D eigenvalue weighted by Gasteiger charge is -2.21. The monoisotopic (exact) mass is 468 g/mol. The van der Waals surface area contributed by atoms with E-state index in [2.05, 4.69) is 24.4 Å². The van der Waals surface area contributed by atoms with Crippen LogP contribution in [0.15, 0.2) is 77.6 Å². The third kappa shape index (κ3) is 5.06. The second-order valence-electron chi connectivity index (χ2n) is 8.72. The van der Waals surface area contributed by atoms with Gasteiger partial charge < -0.3 is 19.4 Å². The number of pyridine rings is 1. The first-order valence-corrected chi connectivity index (χ1v) is 11.9. The lowest BCUT2D eigenvalue weighted by molar-refractivity contribution is -0.119. The van der Waals surface area contributed by atoms with Crippen LogP contribution in [0.2, 0.25) is 0 Å². The van der Waals surface area contributed by atoms with Gasteiger partial charge in [0.15, 0.2) is 17.3 Å². The number of nitrogens with one attached hydrogen (secondary N) is 1. The molecule has 0 bridgehead atoms. The average molecular weight is 469 g/mol. The zero-order valence-corrected chi connectivity index (χ0v) is 19.8. The van der Waals surface area contributed by atoms with Gasteiger partial charge in [0.2, 0.25) is 0 Å². The minimum Gasteiger partial charge on any atom is -0.486 e. The van der Waals surface area contributed by atoms with Gasteiger partial charge in [-0.05, 0) is 41.8 Å². The molecule has 4 aromatic rings. The normalized spacial score (nSPS) is 12.5. The van der Waals surface area contributed by atoms with E-state index < -0.39 is 0 Å². The van der Waals surface area contributed by atoms with Gasteiger partial charge in [0.05, 0.1) is 12.1 Å². The number of anilines is 1. The topological polar surface area (TPSA) is 69.6 Å². The van der Waals surface area contributed by atoms with Gasteiger partial charge in [-0.1, -0.05) is 49.4 Å². The maximum Gasteiger partial charge on any atom is 0.256 e. The molecule has 6 nitrogen and oxygen atoms in total. The van der Waals surface area contributed by atoms with Crippen LogP contribution in [-0.2, 0) is 30.7 Å². The maximum atomic E-state index is 13.6. The zero-order chi connectivity index (χ0) is 24.2. The largest absolute Gasteiger partial charge is 0.486 e. The number of Topliss-reactive ketones (excluding diaryl/α,β-unsaturated/α-hetero) is 1. The molecular formula is C29H28N2O4. The predicted octanol–water partition coefficient (Wildman–Crippen LogP) is 4.76. The van der Waals surface area contributed by atoms with Crippen molar-refractivity contribution in [1.29, 1.82) is 0 Å². The van der Waals surface area contributed by atoms with Crippen molar-refractivity contribution in [3.8, 4) is 11.5 Å². The van der Waals surface area contributed by atoms with Gasteiger partial charge >= 0.3 is 0 Å². The predicted molar refractivity (Wildman–Crippen MR) is 137 cm³/mol. The number of ether oxygens (including phenoxy) is 2. The summed E-state index contributed by atoms with van der Waals surface area (Å²) in [7, 11) is 0. The summed E-state index contributed by atoms with van der Waals surface area (Å²) in [4.78, 5) is 26.5. The molecule has 1 aliphatic rings. The summed E-state index contributed by atoms with van der Waals surface area (Å²) < 4.78 is 13.1. The van der Waals surface area contributed by atoms with E-state index in [1.165, 1.54) is 5.56 Å². The molecule has 1 aliphatic heterocycles. The Morgan fingerprint density at radius 2 is 1.63 bits per heavy atom. The van der Waals surface area contributed by atoms with Crippen LogP contribution < -0.4 is 20.3 Å². The molecule has 1 N–H and O–H groups in total. The van der Waals surface area contributed by atoms with Gasteiger partial charge in [-0.15, -0.1) is 0 Å². The molecule has 0 unspecified atom stereocenters. The Kier molecular flexibility index (Phi) is 6.53. The van der Waals surface area contributed by atoms with E-state index in [-0.39, 0.29) is 24.3 Å². The van der Waals surface area contributed by atoms with Gasteiger partial charge in [-0.3, -0.25) is 9.59 Å². The van der Waals surface area contributed by atoms with Crippen molar-refractivity contribution in [3.63, 3.8) is 0 Å². The van der Waals surface area contributed by atoms with Crippen molar-refractivity contribution < 1.29 is 14.3 Å². The van der Waals surface area contributed by atoms with Crippen molar-refractivity contribution >= 4 is 22.4 Å². The van der Waals surface area contributed by atoms with E-state index >= 15 is 0 Å². The van der Waals surface area contributed by atoms with E-state index in [9.17, 15) is 9.59 Å². The fourth-order valence-corrected chi connectivity index (χ4v) is 4.37. The highest BCUT2D eigenvalue weighted by atomic mass is 16.6. The number of fused-ring (bicyclic) bond motifs is 2. The van der Waals surface area contributed by atoms with Crippen molar-refractivity contribution in [2.75, 3.05) is 18.5 Å². The van der Waals surface area contributed by atoms with E-state index in [0.29, 0.717) is 42.3 Å². The van der Waals surface area contributed by atoms with E-state index in [1.807, 2.05) is 60.7 Å². The Bertz CT molecular complexity index is 1410. The van der Waals surface area contributed by atoms with Crippen LogP contribution in [0.25, 0.3) is 10.9 Å². The molecule has 178 valence electrons. The minimum absolute atomic E-state index is 0.0110. The number of aromatic nitrogens is 1. The number of nitrogens with zero attached hydrogens (tertiary/aromatic N) is 1. The van der Waals surface area contributed by atoms with E-state index in [4.69, 9.17) is 9.47 Å². The number of carbonyl (C=O) groups is 1. The highest BCUT2D eigenvalue weighted by molar-refractivity contribution is 5.87. The molecule has 0 atom stereocenters. The maximum absolute atomic E-state index is 13.6. The highest BCUT2D eigenvalue weighted by Gasteiger charge is 2.18. The summed E-state index contributed by atoms with van der Waals surface area (Å²) in [5, 5.41) is 4.18. The molecule has 1 aromatic heterocycles. The number of hydrogen-bond acceptors (Lipinski definition) is 5. The fourth-order valence-electron chi connectivity index (χ4n) is 4.37. The summed E-state index contributed by atoms with van der Waals surface area (Å²) >= 11 is 0. The first-order chi connectivity index (χ1) is 17.1. The number of carbonyl (C=O) groups excluding carboxylic acids is 1. The van der Waals surface area contributed by atoms with Crippen LogP contribution in [0.5, 0.6) is 11.5 Å². The first kappa shape index (κ1) is 22.7.